The average molecular weight is 319 g/mol. The van der Waals surface area contributed by atoms with Gasteiger partial charge in [-0.25, -0.2) is 4.79 Å². The lowest BCUT2D eigenvalue weighted by Crippen LogP contribution is -2.42. The Morgan fingerprint density at radius 1 is 1.36 bits per heavy atom. The number of fused-ring (bicyclic) bond motifs is 1. The molecule has 1 N–H and O–H groups in total. The zero-order chi connectivity index (χ0) is 15.5. The molecule has 1 saturated heterocycles. The number of carbonyl (C=O) groups excluding carboxylic acids is 1. The summed E-state index contributed by atoms with van der Waals surface area (Å²) in [4.78, 5) is 16.6. The van der Waals surface area contributed by atoms with Crippen LogP contribution in [0.25, 0.3) is 0 Å². The number of likely N-dealkylation sites (N-methyl/N-ethyl adjacent to an activating group) is 1. The number of nitrogens with zero attached hydrogens (tertiary/aromatic N) is 2. The van der Waals surface area contributed by atoms with Crippen LogP contribution >= 0.6 is 11.3 Å². The third-order valence-electron chi connectivity index (χ3n) is 4.91. The van der Waals surface area contributed by atoms with E-state index in [1.165, 1.54) is 5.56 Å². The van der Waals surface area contributed by atoms with Crippen LogP contribution in [0.2, 0.25) is 0 Å². The van der Waals surface area contributed by atoms with E-state index >= 15 is 0 Å². The van der Waals surface area contributed by atoms with Gasteiger partial charge in [0.2, 0.25) is 0 Å². The lowest BCUT2D eigenvalue weighted by Gasteiger charge is -2.25. The van der Waals surface area contributed by atoms with Crippen LogP contribution in [0.5, 0.6) is 0 Å². The van der Waals surface area contributed by atoms with Crippen molar-refractivity contribution in [1.82, 2.24) is 15.1 Å². The predicted octanol–water partition coefficient (Wildman–Crippen LogP) is 2.96. The van der Waals surface area contributed by atoms with Crippen molar-refractivity contribution in [3.63, 3.8) is 0 Å². The Bertz CT molecular complexity index is 510. The van der Waals surface area contributed by atoms with Crippen LogP contribution in [-0.2, 0) is 0 Å². The first kappa shape index (κ1) is 15.6. The normalized spacial score (nSPS) is 25.3. The Morgan fingerprint density at radius 2 is 2.05 bits per heavy atom. The highest BCUT2D eigenvalue weighted by Gasteiger charge is 2.35. The van der Waals surface area contributed by atoms with Crippen molar-refractivity contribution in [2.24, 2.45) is 11.8 Å². The summed E-state index contributed by atoms with van der Waals surface area (Å²) in [5.74, 6) is 1.33. The van der Waals surface area contributed by atoms with Crippen LogP contribution in [0.1, 0.15) is 24.4 Å². The lowest BCUT2D eigenvalue weighted by atomic mass is 9.86. The van der Waals surface area contributed by atoms with Crippen molar-refractivity contribution in [2.45, 2.75) is 18.9 Å². The molecular weight excluding hydrogens is 294 g/mol. The Morgan fingerprint density at radius 3 is 2.59 bits per heavy atom. The summed E-state index contributed by atoms with van der Waals surface area (Å²) >= 11 is 1.70. The minimum atomic E-state index is 0.0940. The minimum Gasteiger partial charge on any atom is -0.336 e. The maximum Gasteiger partial charge on any atom is 0.317 e. The molecule has 2 heterocycles. The first-order valence-corrected chi connectivity index (χ1v) is 8.95. The highest BCUT2D eigenvalue weighted by atomic mass is 32.1. The number of rotatable bonds is 4. The topological polar surface area (TPSA) is 35.6 Å². The summed E-state index contributed by atoms with van der Waals surface area (Å²) in [6.07, 6.45) is 6.79. The van der Waals surface area contributed by atoms with Gasteiger partial charge < -0.3 is 15.1 Å². The van der Waals surface area contributed by atoms with Crippen molar-refractivity contribution < 1.29 is 4.79 Å². The molecule has 5 heteroatoms. The molecule has 0 unspecified atom stereocenters. The van der Waals surface area contributed by atoms with Crippen molar-refractivity contribution in [3.8, 4) is 0 Å². The second-order valence-electron chi connectivity index (χ2n) is 6.59. The van der Waals surface area contributed by atoms with Gasteiger partial charge in [-0.05, 0) is 61.2 Å². The fourth-order valence-electron chi connectivity index (χ4n) is 3.54. The molecule has 0 radical (unpaired) electrons. The van der Waals surface area contributed by atoms with Gasteiger partial charge in [-0.3, -0.25) is 0 Å². The molecule has 1 aromatic heterocycles. The second-order valence-corrected chi connectivity index (χ2v) is 7.37. The van der Waals surface area contributed by atoms with Crippen molar-refractivity contribution in [3.05, 3.63) is 34.5 Å². The molecule has 1 fully saturated rings. The van der Waals surface area contributed by atoms with Crippen molar-refractivity contribution >= 4 is 17.4 Å². The molecule has 0 bridgehead atoms. The van der Waals surface area contributed by atoms with Gasteiger partial charge in [0.1, 0.15) is 0 Å². The number of allylic oxidation sites excluding steroid dienone is 2. The Hall–Kier alpha value is -1.33. The molecule has 120 valence electrons. The zero-order valence-corrected chi connectivity index (χ0v) is 14.2. The highest BCUT2D eigenvalue weighted by Crippen LogP contribution is 2.32. The van der Waals surface area contributed by atoms with Gasteiger partial charge in [-0.15, -0.1) is 0 Å². The van der Waals surface area contributed by atoms with E-state index in [4.69, 9.17) is 0 Å². The quantitative estimate of drug-likeness (QED) is 0.866. The molecule has 2 aliphatic rings. The van der Waals surface area contributed by atoms with Crippen LogP contribution < -0.4 is 5.32 Å². The highest BCUT2D eigenvalue weighted by molar-refractivity contribution is 7.07. The molecule has 0 aromatic carbocycles. The number of urea groups is 1. The molecule has 0 saturated carbocycles. The van der Waals surface area contributed by atoms with Crippen LogP contribution in [0.15, 0.2) is 29.0 Å². The summed E-state index contributed by atoms with van der Waals surface area (Å²) in [7, 11) is 4.12. The molecule has 3 atom stereocenters. The predicted molar refractivity (Wildman–Crippen MR) is 91.1 cm³/mol. The number of hydrogen-bond acceptors (Lipinski definition) is 3. The third-order valence-corrected chi connectivity index (χ3v) is 5.61. The fraction of sp³-hybridized carbons (Fsp3) is 0.588. The van der Waals surface area contributed by atoms with E-state index in [2.05, 4.69) is 53.3 Å². The number of carbonyl (C=O) groups is 1. The van der Waals surface area contributed by atoms with Crippen LogP contribution in [0.3, 0.4) is 0 Å². The van der Waals surface area contributed by atoms with Crippen LogP contribution in [-0.4, -0.2) is 49.6 Å². The van der Waals surface area contributed by atoms with E-state index in [0.29, 0.717) is 18.4 Å². The Balaban J connectivity index is 1.54. The van der Waals surface area contributed by atoms with Gasteiger partial charge in [-0.1, -0.05) is 12.2 Å². The molecule has 22 heavy (non-hydrogen) atoms. The van der Waals surface area contributed by atoms with Crippen molar-refractivity contribution in [2.75, 3.05) is 33.7 Å². The van der Waals surface area contributed by atoms with E-state index in [0.717, 1.165) is 25.9 Å². The largest absolute Gasteiger partial charge is 0.336 e. The van der Waals surface area contributed by atoms with Gasteiger partial charge in [0.05, 0.1) is 6.04 Å². The van der Waals surface area contributed by atoms with Crippen LogP contribution in [0.4, 0.5) is 4.79 Å². The molecular formula is C17H25N3OS. The smallest absolute Gasteiger partial charge is 0.317 e. The number of thiophene rings is 1. The summed E-state index contributed by atoms with van der Waals surface area (Å²) in [6, 6.07) is 2.47. The van der Waals surface area contributed by atoms with E-state index in [9.17, 15) is 4.79 Å². The van der Waals surface area contributed by atoms with Crippen molar-refractivity contribution in [1.29, 1.82) is 0 Å². The molecule has 1 aliphatic carbocycles. The third kappa shape index (κ3) is 3.36. The van der Waals surface area contributed by atoms with Crippen LogP contribution in [0, 0.1) is 11.8 Å². The molecule has 1 aliphatic heterocycles. The summed E-state index contributed by atoms with van der Waals surface area (Å²) in [6.45, 7) is 2.48. The van der Waals surface area contributed by atoms with Gasteiger partial charge >= 0.3 is 6.03 Å². The zero-order valence-electron chi connectivity index (χ0n) is 13.4. The number of amides is 2. The maximum atomic E-state index is 12.5. The van der Waals surface area contributed by atoms with Gasteiger partial charge in [-0.2, -0.15) is 11.3 Å². The summed E-state index contributed by atoms with van der Waals surface area (Å²) in [5, 5.41) is 7.38. The molecule has 4 nitrogen and oxygen atoms in total. The Labute approximate surface area is 136 Å². The number of nitrogens with one attached hydrogen (secondary N) is 1. The molecule has 0 spiro atoms. The van der Waals surface area contributed by atoms with E-state index in [1.807, 2.05) is 4.90 Å². The van der Waals surface area contributed by atoms with E-state index in [-0.39, 0.29) is 12.1 Å². The monoisotopic (exact) mass is 319 g/mol. The summed E-state index contributed by atoms with van der Waals surface area (Å²) < 4.78 is 0. The first-order chi connectivity index (χ1) is 10.6. The van der Waals surface area contributed by atoms with Gasteiger partial charge in [0.25, 0.3) is 0 Å². The van der Waals surface area contributed by atoms with E-state index in [1.54, 1.807) is 11.3 Å². The lowest BCUT2D eigenvalue weighted by molar-refractivity contribution is 0.200. The standard InChI is InChI=1S/C17H25N3OS/c1-19(2)16(15-7-8-22-12-15)9-18-17(21)20-10-13-5-3-4-6-14(13)11-20/h3-4,7-8,12-14,16H,5-6,9-11H2,1-2H3,(H,18,21)/t13-,14+,16-/m1/s1. The SMILES string of the molecule is CN(C)[C@H](CNC(=O)N1C[C@H]2CC=CC[C@H]2C1)c1ccsc1. The van der Waals surface area contributed by atoms with Gasteiger partial charge in [0, 0.05) is 19.6 Å². The Kier molecular flexibility index (Phi) is 4.84. The molecule has 2 amide bonds. The van der Waals surface area contributed by atoms with E-state index < -0.39 is 0 Å². The molecule has 1 aromatic rings. The first-order valence-electron chi connectivity index (χ1n) is 8.01. The minimum absolute atomic E-state index is 0.0940. The fourth-order valence-corrected chi connectivity index (χ4v) is 4.25. The molecule has 3 rings (SSSR count). The number of likely N-dealkylation sites (tertiary alicyclic amines) is 1. The van der Waals surface area contributed by atoms with Gasteiger partial charge in [0.15, 0.2) is 0 Å². The average Bonchev–Trinajstić information content (AvgIpc) is 3.16. The summed E-state index contributed by atoms with van der Waals surface area (Å²) in [5.41, 5.74) is 1.27. The number of hydrogen-bond donors (Lipinski definition) is 1. The maximum absolute atomic E-state index is 12.5. The second kappa shape index (κ2) is 6.84.